The highest BCUT2D eigenvalue weighted by Gasteiger charge is 2.23. The molecule has 1 aliphatic rings. The van der Waals surface area contributed by atoms with E-state index in [4.69, 9.17) is 9.26 Å². The van der Waals surface area contributed by atoms with Gasteiger partial charge in [-0.2, -0.15) is 4.98 Å². The number of rotatable bonds is 7. The predicted molar refractivity (Wildman–Crippen MR) is 113 cm³/mol. The number of ether oxygens (including phenoxy) is 1. The summed E-state index contributed by atoms with van der Waals surface area (Å²) >= 11 is 0. The lowest BCUT2D eigenvalue weighted by Gasteiger charge is -2.32. The molecule has 0 amide bonds. The number of anilines is 1. The normalized spacial score (nSPS) is 15.3. The van der Waals surface area contributed by atoms with Crippen molar-refractivity contribution in [3.63, 3.8) is 0 Å². The maximum Gasteiger partial charge on any atom is 0.376 e. The lowest BCUT2D eigenvalue weighted by molar-refractivity contribution is 0.0512. The summed E-state index contributed by atoms with van der Waals surface area (Å²) in [7, 11) is 0. The van der Waals surface area contributed by atoms with Gasteiger partial charge < -0.3 is 14.6 Å². The average Bonchev–Trinajstić information content (AvgIpc) is 3.16. The Hall–Kier alpha value is -3.07. The number of hydrogen-bond donors (Lipinski definition) is 1. The third-order valence-electron chi connectivity index (χ3n) is 5.58. The molecule has 0 atom stereocenters. The zero-order valence-electron chi connectivity index (χ0n) is 17.7. The van der Waals surface area contributed by atoms with E-state index in [-0.39, 0.29) is 24.0 Å². The number of benzene rings is 1. The van der Waals surface area contributed by atoms with Crippen molar-refractivity contribution in [1.82, 2.24) is 20.0 Å². The van der Waals surface area contributed by atoms with E-state index in [1.807, 2.05) is 19.1 Å². The van der Waals surface area contributed by atoms with E-state index < -0.39 is 5.97 Å². The van der Waals surface area contributed by atoms with Crippen molar-refractivity contribution in [1.29, 1.82) is 0 Å². The Bertz CT molecular complexity index is 1060. The summed E-state index contributed by atoms with van der Waals surface area (Å²) in [5.74, 6) is 0.171. The van der Waals surface area contributed by atoms with Gasteiger partial charge in [0.2, 0.25) is 5.82 Å². The van der Waals surface area contributed by atoms with Crippen LogP contribution in [0, 0.1) is 18.7 Å². The van der Waals surface area contributed by atoms with Crippen LogP contribution in [0.1, 0.15) is 41.6 Å². The Morgan fingerprint density at radius 2 is 2.06 bits per heavy atom. The number of fused-ring (bicyclic) bond motifs is 1. The van der Waals surface area contributed by atoms with Gasteiger partial charge in [0, 0.05) is 18.7 Å². The number of aromatic nitrogens is 3. The zero-order valence-corrected chi connectivity index (χ0v) is 17.7. The first-order valence-corrected chi connectivity index (χ1v) is 10.6. The van der Waals surface area contributed by atoms with Gasteiger partial charge in [-0.3, -0.25) is 4.90 Å². The highest BCUT2D eigenvalue weighted by atomic mass is 19.1. The summed E-state index contributed by atoms with van der Waals surface area (Å²) in [5.41, 5.74) is 1.65. The van der Waals surface area contributed by atoms with E-state index in [0.29, 0.717) is 35.9 Å². The third-order valence-corrected chi connectivity index (χ3v) is 5.58. The first kappa shape index (κ1) is 21.2. The Labute approximate surface area is 179 Å². The van der Waals surface area contributed by atoms with E-state index in [9.17, 15) is 9.18 Å². The SMILES string of the molecule is CCOC(=O)c1nc(NCC2CCN(Cc3ccccc3F)CC2)c2c(C)noc2n1. The molecule has 164 valence electrons. The summed E-state index contributed by atoms with van der Waals surface area (Å²) in [6, 6.07) is 6.93. The topological polar surface area (TPSA) is 93.4 Å². The maximum atomic E-state index is 13.9. The lowest BCUT2D eigenvalue weighted by Crippen LogP contribution is -2.35. The number of hydrogen-bond acceptors (Lipinski definition) is 8. The Morgan fingerprint density at radius 3 is 2.81 bits per heavy atom. The summed E-state index contributed by atoms with van der Waals surface area (Å²) in [5, 5.41) is 7.98. The fourth-order valence-corrected chi connectivity index (χ4v) is 3.86. The number of carbonyl (C=O) groups is 1. The second-order valence-electron chi connectivity index (χ2n) is 7.76. The van der Waals surface area contributed by atoms with E-state index in [2.05, 4.69) is 25.3 Å². The molecule has 31 heavy (non-hydrogen) atoms. The van der Waals surface area contributed by atoms with Crippen molar-refractivity contribution >= 4 is 22.9 Å². The Morgan fingerprint density at radius 1 is 1.29 bits per heavy atom. The molecule has 0 unspecified atom stereocenters. The smallest absolute Gasteiger partial charge is 0.376 e. The molecule has 3 heterocycles. The molecule has 9 heteroatoms. The number of likely N-dealkylation sites (tertiary alicyclic amines) is 1. The van der Waals surface area contributed by atoms with Gasteiger partial charge in [0.15, 0.2) is 0 Å². The molecular formula is C22H26FN5O3. The first-order chi connectivity index (χ1) is 15.0. The maximum absolute atomic E-state index is 13.9. The molecule has 4 rings (SSSR count). The van der Waals surface area contributed by atoms with Crippen LogP contribution in [0.3, 0.4) is 0 Å². The summed E-state index contributed by atoms with van der Waals surface area (Å²) in [4.78, 5) is 22.9. The van der Waals surface area contributed by atoms with Gasteiger partial charge >= 0.3 is 5.97 Å². The number of nitrogens with zero attached hydrogens (tertiary/aromatic N) is 4. The van der Waals surface area contributed by atoms with Crippen molar-refractivity contribution in [2.45, 2.75) is 33.2 Å². The van der Waals surface area contributed by atoms with Crippen LogP contribution in [0.2, 0.25) is 0 Å². The minimum absolute atomic E-state index is 0.0484. The third kappa shape index (κ3) is 4.82. The van der Waals surface area contributed by atoms with Gasteiger partial charge in [-0.25, -0.2) is 14.2 Å². The van der Waals surface area contributed by atoms with Crippen molar-refractivity contribution in [2.75, 3.05) is 31.6 Å². The standard InChI is InChI=1S/C22H26FN5O3/c1-3-30-22(29)20-25-19(18-14(2)27-31-21(18)26-20)24-12-15-8-10-28(11-9-15)13-16-6-4-5-7-17(16)23/h4-7,15H,3,8-13H2,1-2H3,(H,24,25,26). The molecule has 0 radical (unpaired) electrons. The molecule has 0 bridgehead atoms. The molecule has 1 saturated heterocycles. The van der Waals surface area contributed by atoms with Crippen LogP contribution in [-0.2, 0) is 11.3 Å². The van der Waals surface area contributed by atoms with Crippen molar-refractivity contribution in [3.05, 3.63) is 47.2 Å². The van der Waals surface area contributed by atoms with E-state index in [1.165, 1.54) is 6.07 Å². The number of esters is 1. The molecule has 2 aromatic heterocycles. The van der Waals surface area contributed by atoms with Gasteiger partial charge in [-0.1, -0.05) is 23.4 Å². The number of piperidine rings is 1. The summed E-state index contributed by atoms with van der Waals surface area (Å²) < 4.78 is 24.2. The first-order valence-electron chi connectivity index (χ1n) is 10.6. The molecule has 0 spiro atoms. The van der Waals surface area contributed by atoms with Crippen LogP contribution in [0.5, 0.6) is 0 Å². The van der Waals surface area contributed by atoms with Crippen LogP contribution in [0.4, 0.5) is 10.2 Å². The molecule has 1 N–H and O–H groups in total. The largest absolute Gasteiger partial charge is 0.460 e. The lowest BCUT2D eigenvalue weighted by atomic mass is 9.96. The van der Waals surface area contributed by atoms with E-state index in [1.54, 1.807) is 13.0 Å². The molecule has 1 fully saturated rings. The fourth-order valence-electron chi connectivity index (χ4n) is 3.86. The molecule has 1 aromatic carbocycles. The quantitative estimate of drug-likeness (QED) is 0.572. The Balaban J connectivity index is 1.39. The van der Waals surface area contributed by atoms with Crippen LogP contribution < -0.4 is 5.32 Å². The minimum Gasteiger partial charge on any atom is -0.460 e. The zero-order chi connectivity index (χ0) is 21.8. The van der Waals surface area contributed by atoms with Gasteiger partial charge in [0.1, 0.15) is 17.0 Å². The molecular weight excluding hydrogens is 401 g/mol. The number of nitrogens with one attached hydrogen (secondary N) is 1. The monoisotopic (exact) mass is 427 g/mol. The number of aryl methyl sites for hydroxylation is 1. The highest BCUT2D eigenvalue weighted by Crippen LogP contribution is 2.26. The second-order valence-corrected chi connectivity index (χ2v) is 7.76. The fraction of sp³-hybridized carbons (Fsp3) is 0.455. The summed E-state index contributed by atoms with van der Waals surface area (Å²) in [6.07, 6.45) is 1.98. The van der Waals surface area contributed by atoms with E-state index >= 15 is 0 Å². The van der Waals surface area contributed by atoms with Gasteiger partial charge in [-0.15, -0.1) is 0 Å². The highest BCUT2D eigenvalue weighted by molar-refractivity contribution is 5.93. The number of carbonyl (C=O) groups excluding carboxylic acids is 1. The minimum atomic E-state index is -0.594. The van der Waals surface area contributed by atoms with Crippen molar-refractivity contribution in [3.8, 4) is 0 Å². The average molecular weight is 427 g/mol. The molecule has 3 aromatic rings. The predicted octanol–water partition coefficient (Wildman–Crippen LogP) is 3.57. The van der Waals surface area contributed by atoms with Gasteiger partial charge in [0.05, 0.1) is 12.3 Å². The summed E-state index contributed by atoms with van der Waals surface area (Å²) in [6.45, 7) is 6.91. The van der Waals surface area contributed by atoms with Crippen LogP contribution in [-0.4, -0.2) is 52.2 Å². The van der Waals surface area contributed by atoms with Gasteiger partial charge in [-0.05, 0) is 51.8 Å². The molecule has 8 nitrogen and oxygen atoms in total. The van der Waals surface area contributed by atoms with Gasteiger partial charge in [0.25, 0.3) is 5.71 Å². The Kier molecular flexibility index (Phi) is 6.41. The molecule has 0 aliphatic carbocycles. The molecule has 0 saturated carbocycles. The van der Waals surface area contributed by atoms with Crippen LogP contribution in [0.15, 0.2) is 28.8 Å². The van der Waals surface area contributed by atoms with Crippen LogP contribution >= 0.6 is 0 Å². The van der Waals surface area contributed by atoms with Crippen LogP contribution in [0.25, 0.3) is 11.1 Å². The second kappa shape index (κ2) is 9.38. The van der Waals surface area contributed by atoms with Crippen molar-refractivity contribution in [2.24, 2.45) is 5.92 Å². The molecule has 1 aliphatic heterocycles. The van der Waals surface area contributed by atoms with E-state index in [0.717, 1.165) is 31.5 Å². The van der Waals surface area contributed by atoms with Crippen molar-refractivity contribution < 1.29 is 18.4 Å². The number of halogens is 1.